The van der Waals surface area contributed by atoms with Gasteiger partial charge in [0.2, 0.25) is 0 Å². The standard InChI is InChI=1S/C20H33N5S/c1-4-18-15-25(11-12-26-18)20(21-3)23-14-17-5-6-19(22-13-17)24-9-7-16(2)8-10-24/h5-6,13,16,18H,4,7-12,14-15H2,1-3H3,(H,21,23). The summed E-state index contributed by atoms with van der Waals surface area (Å²) in [6.07, 6.45) is 5.77. The molecule has 0 amide bonds. The van der Waals surface area contributed by atoms with Gasteiger partial charge in [-0.3, -0.25) is 4.99 Å². The number of pyridine rings is 1. The molecule has 0 aromatic carbocycles. The lowest BCUT2D eigenvalue weighted by Gasteiger charge is -2.34. The lowest BCUT2D eigenvalue weighted by Crippen LogP contribution is -2.47. The molecule has 1 N–H and O–H groups in total. The van der Waals surface area contributed by atoms with Gasteiger partial charge in [0, 0.05) is 57.0 Å². The van der Waals surface area contributed by atoms with Crippen molar-refractivity contribution >= 4 is 23.5 Å². The van der Waals surface area contributed by atoms with Crippen LogP contribution in [0.4, 0.5) is 5.82 Å². The van der Waals surface area contributed by atoms with Gasteiger partial charge in [0.25, 0.3) is 0 Å². The number of nitrogens with zero attached hydrogens (tertiary/aromatic N) is 4. The molecule has 2 saturated heterocycles. The van der Waals surface area contributed by atoms with E-state index in [9.17, 15) is 0 Å². The van der Waals surface area contributed by atoms with E-state index in [1.165, 1.54) is 30.6 Å². The van der Waals surface area contributed by atoms with Crippen LogP contribution in [0.15, 0.2) is 23.3 Å². The first kappa shape index (κ1) is 19.3. The Bertz CT molecular complexity index is 580. The molecule has 26 heavy (non-hydrogen) atoms. The average molecular weight is 376 g/mol. The number of guanidine groups is 1. The minimum Gasteiger partial charge on any atom is -0.357 e. The number of hydrogen-bond donors (Lipinski definition) is 1. The molecule has 144 valence electrons. The maximum absolute atomic E-state index is 4.70. The SMILES string of the molecule is CCC1CN(C(=NC)NCc2ccc(N3CCC(C)CC3)nc2)CCS1. The van der Waals surface area contributed by atoms with E-state index in [1.54, 1.807) is 0 Å². The summed E-state index contributed by atoms with van der Waals surface area (Å²) in [6, 6.07) is 4.36. The van der Waals surface area contributed by atoms with Crippen molar-refractivity contribution in [3.05, 3.63) is 23.9 Å². The molecule has 2 aliphatic rings. The number of anilines is 1. The number of nitrogens with one attached hydrogen (secondary N) is 1. The molecule has 2 fully saturated rings. The van der Waals surface area contributed by atoms with Gasteiger partial charge in [0.15, 0.2) is 5.96 Å². The Morgan fingerprint density at radius 3 is 2.77 bits per heavy atom. The zero-order valence-electron chi connectivity index (χ0n) is 16.4. The second-order valence-electron chi connectivity index (χ2n) is 7.44. The Kier molecular flexibility index (Phi) is 7.06. The third-order valence-electron chi connectivity index (χ3n) is 5.47. The van der Waals surface area contributed by atoms with Crippen LogP contribution in [-0.2, 0) is 6.54 Å². The number of hydrogen-bond acceptors (Lipinski definition) is 4. The van der Waals surface area contributed by atoms with Crippen molar-refractivity contribution in [2.24, 2.45) is 10.9 Å². The molecular weight excluding hydrogens is 342 g/mol. The summed E-state index contributed by atoms with van der Waals surface area (Å²) in [4.78, 5) is 14.0. The van der Waals surface area contributed by atoms with E-state index in [0.29, 0.717) is 0 Å². The predicted octanol–water partition coefficient (Wildman–Crippen LogP) is 3.22. The van der Waals surface area contributed by atoms with Crippen molar-refractivity contribution < 1.29 is 0 Å². The highest BCUT2D eigenvalue weighted by Crippen LogP contribution is 2.22. The zero-order valence-corrected chi connectivity index (χ0v) is 17.3. The second kappa shape index (κ2) is 9.49. The number of rotatable bonds is 4. The summed E-state index contributed by atoms with van der Waals surface area (Å²) in [5.74, 6) is 4.16. The Morgan fingerprint density at radius 1 is 1.31 bits per heavy atom. The molecule has 5 nitrogen and oxygen atoms in total. The van der Waals surface area contributed by atoms with E-state index in [2.05, 4.69) is 57.9 Å². The quantitative estimate of drug-likeness (QED) is 0.647. The molecule has 1 aromatic heterocycles. The first-order chi connectivity index (χ1) is 12.7. The third-order valence-corrected chi connectivity index (χ3v) is 6.84. The van der Waals surface area contributed by atoms with E-state index in [0.717, 1.165) is 55.7 Å². The third kappa shape index (κ3) is 5.06. The Hall–Kier alpha value is -1.43. The van der Waals surface area contributed by atoms with Crippen molar-refractivity contribution in [2.75, 3.05) is 43.9 Å². The largest absolute Gasteiger partial charge is 0.357 e. The summed E-state index contributed by atoms with van der Waals surface area (Å²) >= 11 is 2.09. The van der Waals surface area contributed by atoms with Crippen molar-refractivity contribution in [1.29, 1.82) is 0 Å². The van der Waals surface area contributed by atoms with Crippen molar-refractivity contribution in [1.82, 2.24) is 15.2 Å². The molecule has 2 aliphatic heterocycles. The van der Waals surface area contributed by atoms with Gasteiger partial charge in [-0.15, -0.1) is 0 Å². The predicted molar refractivity (Wildman–Crippen MR) is 113 cm³/mol. The molecule has 0 bridgehead atoms. The van der Waals surface area contributed by atoms with Gasteiger partial charge in [-0.2, -0.15) is 11.8 Å². The summed E-state index contributed by atoms with van der Waals surface area (Å²) < 4.78 is 0. The summed E-state index contributed by atoms with van der Waals surface area (Å²) in [7, 11) is 1.88. The van der Waals surface area contributed by atoms with E-state index in [-0.39, 0.29) is 0 Å². The molecular formula is C20H33N5S. The first-order valence-electron chi connectivity index (χ1n) is 9.96. The maximum atomic E-state index is 4.70. The summed E-state index contributed by atoms with van der Waals surface area (Å²) in [5, 5.41) is 4.24. The van der Waals surface area contributed by atoms with Crippen LogP contribution >= 0.6 is 11.8 Å². The molecule has 3 rings (SSSR count). The highest BCUT2D eigenvalue weighted by molar-refractivity contribution is 8.00. The van der Waals surface area contributed by atoms with Crippen LogP contribution in [0.2, 0.25) is 0 Å². The molecule has 0 saturated carbocycles. The lowest BCUT2D eigenvalue weighted by molar-refractivity contribution is 0.408. The van der Waals surface area contributed by atoms with Crippen molar-refractivity contribution in [3.8, 4) is 0 Å². The Labute approximate surface area is 162 Å². The van der Waals surface area contributed by atoms with E-state index < -0.39 is 0 Å². The summed E-state index contributed by atoms with van der Waals surface area (Å²) in [5.41, 5.74) is 1.21. The second-order valence-corrected chi connectivity index (χ2v) is 8.85. The minimum absolute atomic E-state index is 0.718. The van der Waals surface area contributed by atoms with Gasteiger partial charge in [0.05, 0.1) is 0 Å². The number of aromatic nitrogens is 1. The highest BCUT2D eigenvalue weighted by atomic mass is 32.2. The topological polar surface area (TPSA) is 43.8 Å². The molecule has 1 unspecified atom stereocenters. The molecule has 0 aliphatic carbocycles. The van der Waals surface area contributed by atoms with Gasteiger partial charge in [0.1, 0.15) is 5.82 Å². The van der Waals surface area contributed by atoms with Gasteiger partial charge < -0.3 is 15.1 Å². The van der Waals surface area contributed by atoms with Crippen LogP contribution in [0.1, 0.15) is 38.7 Å². The highest BCUT2D eigenvalue weighted by Gasteiger charge is 2.21. The normalized spacial score (nSPS) is 22.6. The molecule has 3 heterocycles. The van der Waals surface area contributed by atoms with Crippen LogP contribution in [0.25, 0.3) is 0 Å². The fourth-order valence-corrected chi connectivity index (χ4v) is 4.80. The first-order valence-corrected chi connectivity index (χ1v) is 11.0. The van der Waals surface area contributed by atoms with Crippen molar-refractivity contribution in [3.63, 3.8) is 0 Å². The maximum Gasteiger partial charge on any atom is 0.193 e. The van der Waals surface area contributed by atoms with Gasteiger partial charge in [-0.1, -0.05) is 19.9 Å². The monoisotopic (exact) mass is 375 g/mol. The zero-order chi connectivity index (χ0) is 18.4. The van der Waals surface area contributed by atoms with Crippen LogP contribution in [0, 0.1) is 5.92 Å². The van der Waals surface area contributed by atoms with Crippen LogP contribution in [0.5, 0.6) is 0 Å². The van der Waals surface area contributed by atoms with Crippen LogP contribution in [-0.4, -0.2) is 60.1 Å². The Balaban J connectivity index is 1.52. The smallest absolute Gasteiger partial charge is 0.193 e. The lowest BCUT2D eigenvalue weighted by atomic mass is 9.99. The number of piperidine rings is 1. The van der Waals surface area contributed by atoms with Gasteiger partial charge in [-0.05, 0) is 36.8 Å². The molecule has 1 aromatic rings. The number of thioether (sulfide) groups is 1. The van der Waals surface area contributed by atoms with Crippen LogP contribution < -0.4 is 10.2 Å². The molecule has 6 heteroatoms. The van der Waals surface area contributed by atoms with Gasteiger partial charge in [-0.25, -0.2) is 4.98 Å². The minimum atomic E-state index is 0.718. The molecule has 0 radical (unpaired) electrons. The van der Waals surface area contributed by atoms with Gasteiger partial charge >= 0.3 is 0 Å². The fourth-order valence-electron chi connectivity index (χ4n) is 3.62. The van der Waals surface area contributed by atoms with E-state index in [1.807, 2.05) is 13.2 Å². The average Bonchev–Trinajstić information content (AvgIpc) is 2.70. The summed E-state index contributed by atoms with van der Waals surface area (Å²) in [6.45, 7) is 9.81. The van der Waals surface area contributed by atoms with E-state index in [4.69, 9.17) is 4.98 Å². The fraction of sp³-hybridized carbons (Fsp3) is 0.700. The molecule has 1 atom stereocenters. The van der Waals surface area contributed by atoms with Crippen molar-refractivity contribution in [2.45, 2.75) is 44.9 Å². The molecule has 0 spiro atoms. The van der Waals surface area contributed by atoms with Crippen LogP contribution in [0.3, 0.4) is 0 Å². The number of aliphatic imine (C=N–C) groups is 1. The Morgan fingerprint density at radius 2 is 2.12 bits per heavy atom. The van der Waals surface area contributed by atoms with E-state index >= 15 is 0 Å².